The van der Waals surface area contributed by atoms with Crippen LogP contribution in [0.2, 0.25) is 0 Å². The van der Waals surface area contributed by atoms with Crippen molar-refractivity contribution in [1.82, 2.24) is 10.2 Å². The van der Waals surface area contributed by atoms with Crippen LogP contribution in [0.25, 0.3) is 0 Å². The molecule has 0 bridgehead atoms. The summed E-state index contributed by atoms with van der Waals surface area (Å²) < 4.78 is 6.38. The number of carbonyl (C=O) groups is 3. The van der Waals surface area contributed by atoms with E-state index in [0.29, 0.717) is 36.8 Å². The van der Waals surface area contributed by atoms with E-state index in [-0.39, 0.29) is 17.8 Å². The molecular weight excluding hydrogens is 508 g/mol. The Hall–Kier alpha value is -3.59. The summed E-state index contributed by atoms with van der Waals surface area (Å²) in [6.07, 6.45) is 4.60. The summed E-state index contributed by atoms with van der Waals surface area (Å²) in [6, 6.07) is 12.5. The summed E-state index contributed by atoms with van der Waals surface area (Å²) >= 11 is 0. The van der Waals surface area contributed by atoms with Crippen LogP contribution in [0.3, 0.4) is 0 Å². The average molecular weight is 552 g/mol. The highest BCUT2D eigenvalue weighted by atomic mass is 16.5. The van der Waals surface area contributed by atoms with E-state index in [1.54, 1.807) is 62.4 Å². The number of likely N-dealkylation sites (tertiary alicyclic amines) is 2. The number of quaternary nitrogens is 1. The number of phenols is 1. The standard InChI is InChI=1S/C31H42N4O5/c1-4-35(19-5-6-20-35)26-15-17-34(18-16-26)29(37)28(21-23-7-13-27(36)14-8-23)33-31(39)32-25-11-9-24(10-12-25)30(38)40-22(2)3/h7-14,22,26,28H,4-6,15-21H2,1-3H3,(H2-,32,33,36,38,39)/p+1/t28-/m0/s1. The van der Waals surface area contributed by atoms with Crippen LogP contribution in [0, 0.1) is 0 Å². The van der Waals surface area contributed by atoms with Crippen molar-refractivity contribution in [1.29, 1.82) is 0 Å². The second-order valence-electron chi connectivity index (χ2n) is 11.3. The quantitative estimate of drug-likeness (QED) is 0.318. The van der Waals surface area contributed by atoms with Crippen LogP contribution in [-0.2, 0) is 16.0 Å². The molecule has 3 N–H and O–H groups in total. The fourth-order valence-corrected chi connectivity index (χ4v) is 6.12. The maximum atomic E-state index is 13.7. The Morgan fingerprint density at radius 1 is 1.00 bits per heavy atom. The SMILES string of the molecule is CC[N+]1(C2CCN(C(=O)[C@H](Cc3ccc(O)cc3)NC(=O)Nc3ccc(C(=O)OC(C)C)cc3)CC2)CCCC1. The van der Waals surface area contributed by atoms with Gasteiger partial charge in [-0.2, -0.15) is 0 Å². The number of rotatable bonds is 9. The monoisotopic (exact) mass is 551 g/mol. The molecule has 2 fully saturated rings. The number of hydrogen-bond acceptors (Lipinski definition) is 5. The first-order valence-electron chi connectivity index (χ1n) is 14.5. The lowest BCUT2D eigenvalue weighted by molar-refractivity contribution is -0.940. The van der Waals surface area contributed by atoms with Crippen LogP contribution < -0.4 is 10.6 Å². The zero-order valence-corrected chi connectivity index (χ0v) is 23.9. The van der Waals surface area contributed by atoms with E-state index < -0.39 is 18.0 Å². The first-order valence-corrected chi connectivity index (χ1v) is 14.5. The van der Waals surface area contributed by atoms with E-state index >= 15 is 0 Å². The molecule has 2 aromatic carbocycles. The van der Waals surface area contributed by atoms with Gasteiger partial charge in [0, 0.05) is 50.9 Å². The van der Waals surface area contributed by atoms with Crippen molar-refractivity contribution in [3.05, 3.63) is 59.7 Å². The summed E-state index contributed by atoms with van der Waals surface area (Å²) in [5, 5.41) is 15.3. The zero-order chi connectivity index (χ0) is 28.7. The predicted octanol–water partition coefficient (Wildman–Crippen LogP) is 4.31. The highest BCUT2D eigenvalue weighted by Gasteiger charge is 2.41. The highest BCUT2D eigenvalue weighted by molar-refractivity contribution is 5.95. The number of esters is 1. The summed E-state index contributed by atoms with van der Waals surface area (Å²) in [6.45, 7) is 10.8. The number of phenolic OH excluding ortho intramolecular Hbond substituents is 1. The van der Waals surface area contributed by atoms with Crippen molar-refractivity contribution in [2.24, 2.45) is 0 Å². The fourth-order valence-electron chi connectivity index (χ4n) is 6.12. The van der Waals surface area contributed by atoms with Crippen LogP contribution >= 0.6 is 0 Å². The fraction of sp³-hybridized carbons (Fsp3) is 0.516. The largest absolute Gasteiger partial charge is 0.508 e. The number of piperidine rings is 1. The third kappa shape index (κ3) is 7.33. The smallest absolute Gasteiger partial charge is 0.338 e. The van der Waals surface area contributed by atoms with Gasteiger partial charge in [0.25, 0.3) is 0 Å². The minimum atomic E-state index is -0.762. The van der Waals surface area contributed by atoms with Gasteiger partial charge in [0.15, 0.2) is 0 Å². The predicted molar refractivity (Wildman–Crippen MR) is 154 cm³/mol. The molecule has 216 valence electrons. The van der Waals surface area contributed by atoms with Gasteiger partial charge in [0.2, 0.25) is 5.91 Å². The van der Waals surface area contributed by atoms with Crippen molar-refractivity contribution in [2.75, 3.05) is 38.0 Å². The molecule has 2 saturated heterocycles. The van der Waals surface area contributed by atoms with E-state index in [2.05, 4.69) is 17.6 Å². The molecule has 9 nitrogen and oxygen atoms in total. The second kappa shape index (κ2) is 13.2. The maximum absolute atomic E-state index is 13.7. The molecule has 3 amide bonds. The Labute approximate surface area is 237 Å². The van der Waals surface area contributed by atoms with E-state index in [4.69, 9.17) is 4.74 Å². The number of nitrogens with zero attached hydrogens (tertiary/aromatic N) is 2. The zero-order valence-electron chi connectivity index (χ0n) is 23.9. The molecule has 4 rings (SSSR count). The lowest BCUT2D eigenvalue weighted by Gasteiger charge is -2.45. The number of carbonyl (C=O) groups excluding carboxylic acids is 3. The molecule has 0 saturated carbocycles. The van der Waals surface area contributed by atoms with Crippen LogP contribution in [0.15, 0.2) is 48.5 Å². The molecule has 0 spiro atoms. The Balaban J connectivity index is 1.41. The first kappa shape index (κ1) is 29.4. The topological polar surface area (TPSA) is 108 Å². The number of ether oxygens (including phenoxy) is 1. The van der Waals surface area contributed by atoms with Crippen molar-refractivity contribution in [3.8, 4) is 5.75 Å². The molecule has 1 atom stereocenters. The van der Waals surface area contributed by atoms with Gasteiger partial charge >= 0.3 is 12.0 Å². The van der Waals surface area contributed by atoms with E-state index in [9.17, 15) is 19.5 Å². The lowest BCUT2D eigenvalue weighted by Crippen LogP contribution is -2.59. The molecule has 0 aliphatic carbocycles. The lowest BCUT2D eigenvalue weighted by atomic mass is 9.98. The Bertz CT molecular complexity index is 1150. The Kier molecular flexibility index (Phi) is 9.68. The Morgan fingerprint density at radius 2 is 1.62 bits per heavy atom. The molecule has 2 aromatic rings. The number of benzene rings is 2. The highest BCUT2D eigenvalue weighted by Crippen LogP contribution is 2.30. The van der Waals surface area contributed by atoms with E-state index in [1.807, 2.05) is 4.90 Å². The molecular formula is C31H43N4O5+. The molecule has 2 aliphatic rings. The molecule has 9 heteroatoms. The molecule has 40 heavy (non-hydrogen) atoms. The van der Waals surface area contributed by atoms with E-state index in [0.717, 1.165) is 24.9 Å². The second-order valence-corrected chi connectivity index (χ2v) is 11.3. The van der Waals surface area contributed by atoms with Crippen molar-refractivity contribution >= 4 is 23.6 Å². The van der Waals surface area contributed by atoms with Gasteiger partial charge in [0.1, 0.15) is 11.8 Å². The van der Waals surface area contributed by atoms with Gasteiger partial charge in [-0.15, -0.1) is 0 Å². The summed E-state index contributed by atoms with van der Waals surface area (Å²) in [5.74, 6) is -0.376. The minimum Gasteiger partial charge on any atom is -0.508 e. The van der Waals surface area contributed by atoms with Crippen LogP contribution in [0.5, 0.6) is 5.75 Å². The first-order chi connectivity index (χ1) is 19.2. The minimum absolute atomic E-state index is 0.0991. The Morgan fingerprint density at radius 3 is 2.20 bits per heavy atom. The van der Waals surface area contributed by atoms with Gasteiger partial charge in [-0.3, -0.25) is 4.79 Å². The number of nitrogens with one attached hydrogen (secondary N) is 2. The van der Waals surface area contributed by atoms with Gasteiger partial charge in [-0.25, -0.2) is 9.59 Å². The number of hydrogen-bond donors (Lipinski definition) is 3. The summed E-state index contributed by atoms with van der Waals surface area (Å²) in [5.41, 5.74) is 1.73. The van der Waals surface area contributed by atoms with Crippen molar-refractivity contribution in [3.63, 3.8) is 0 Å². The third-order valence-electron chi connectivity index (χ3n) is 8.34. The summed E-state index contributed by atoms with van der Waals surface area (Å²) in [4.78, 5) is 40.7. The van der Waals surface area contributed by atoms with Gasteiger partial charge < -0.3 is 29.9 Å². The van der Waals surface area contributed by atoms with Gasteiger partial charge in [-0.05, 0) is 62.7 Å². The van der Waals surface area contributed by atoms with E-state index in [1.165, 1.54) is 30.4 Å². The number of urea groups is 1. The number of aromatic hydroxyl groups is 1. The van der Waals surface area contributed by atoms with Crippen molar-refractivity contribution < 1.29 is 28.7 Å². The maximum Gasteiger partial charge on any atom is 0.338 e. The average Bonchev–Trinajstić information content (AvgIpc) is 3.44. The van der Waals surface area contributed by atoms with Gasteiger partial charge in [0.05, 0.1) is 37.3 Å². The molecule has 2 aliphatic heterocycles. The molecule has 0 aromatic heterocycles. The van der Waals surface area contributed by atoms with Crippen LogP contribution in [-0.4, -0.2) is 83.3 Å². The molecule has 0 radical (unpaired) electrons. The van der Waals surface area contributed by atoms with Crippen molar-refractivity contribution in [2.45, 2.75) is 71.1 Å². The van der Waals surface area contributed by atoms with Crippen LogP contribution in [0.4, 0.5) is 10.5 Å². The van der Waals surface area contributed by atoms with Crippen LogP contribution in [0.1, 0.15) is 62.4 Å². The normalized spacial score (nSPS) is 17.9. The summed E-state index contributed by atoms with van der Waals surface area (Å²) in [7, 11) is 0. The number of amides is 3. The molecule has 2 heterocycles. The van der Waals surface area contributed by atoms with Gasteiger partial charge in [-0.1, -0.05) is 12.1 Å². The third-order valence-corrected chi connectivity index (χ3v) is 8.34. The molecule has 0 unspecified atom stereocenters. The number of anilines is 1.